The Labute approximate surface area is 320 Å². The van der Waals surface area contributed by atoms with E-state index in [9.17, 15) is 19.5 Å². The van der Waals surface area contributed by atoms with E-state index in [1.807, 2.05) is 55.6 Å². The first kappa shape index (κ1) is 33.7. The van der Waals surface area contributed by atoms with Gasteiger partial charge in [0.1, 0.15) is 17.3 Å². The van der Waals surface area contributed by atoms with Gasteiger partial charge in [-0.25, -0.2) is 4.90 Å². The number of imide groups is 2. The van der Waals surface area contributed by atoms with Gasteiger partial charge >= 0.3 is 0 Å². The molecule has 2 aliphatic carbocycles. The summed E-state index contributed by atoms with van der Waals surface area (Å²) in [6.07, 6.45) is 2.56. The Balaban J connectivity index is 1.15. The Kier molecular flexibility index (Phi) is 7.75. The molecule has 5 heterocycles. The van der Waals surface area contributed by atoms with Crippen LogP contribution in [0.2, 0.25) is 5.02 Å². The van der Waals surface area contributed by atoms with Crippen molar-refractivity contribution in [2.75, 3.05) is 4.90 Å². The van der Waals surface area contributed by atoms with Gasteiger partial charge in [0.25, 0.3) is 0 Å². The Morgan fingerprint density at radius 2 is 1.85 bits per heavy atom. The molecule has 4 aliphatic rings. The Bertz CT molecular complexity index is 2420. The molecule has 0 radical (unpaired) electrons. The standard InChI is InChI=1S/C39H32BrClN4O5S2/c1-18-24-14-20(41)7-11-30(24)52-34(18)28-16-31(43(3)42-28)45-36(48)27-15-25-22(33(39(27,2)38(45)50)26-13-19(40)6-10-29(26)46)8-9-23-32(25)37(49)44(35(23)47)17-21-5-4-12-51-21/h4-8,10-14,16,23,25,27,32-33,46H,9,15,17H2,1-3H3. The monoisotopic (exact) mass is 814 g/mol. The fraction of sp³-hybridized carbons (Fsp3) is 0.308. The lowest BCUT2D eigenvalue weighted by molar-refractivity contribution is -0.141. The third kappa shape index (κ3) is 4.73. The van der Waals surface area contributed by atoms with Gasteiger partial charge in [-0.3, -0.25) is 28.8 Å². The molecule has 2 aromatic carbocycles. The molecule has 4 amide bonds. The highest BCUT2D eigenvalue weighted by atomic mass is 79.9. The largest absolute Gasteiger partial charge is 0.508 e. The van der Waals surface area contributed by atoms with Gasteiger partial charge in [0.05, 0.1) is 34.6 Å². The lowest BCUT2D eigenvalue weighted by atomic mass is 9.51. The SMILES string of the molecule is Cc1c(-c2cc(N3C(=O)C4CC5C(=CCC6C(=O)N(Cc7cccs7)C(=O)C65)C(c5cc(Br)ccc5O)C4(C)C3=O)n(C)n2)sc2ccc(Cl)cc12. The van der Waals surface area contributed by atoms with Crippen LogP contribution in [0.4, 0.5) is 5.82 Å². The summed E-state index contributed by atoms with van der Waals surface area (Å²) in [4.78, 5) is 62.3. The summed E-state index contributed by atoms with van der Waals surface area (Å²) >= 11 is 12.9. The number of phenols is 1. The number of halogens is 2. The van der Waals surface area contributed by atoms with Crippen molar-refractivity contribution in [3.8, 4) is 16.3 Å². The summed E-state index contributed by atoms with van der Waals surface area (Å²) in [6.45, 7) is 4.03. The smallest absolute Gasteiger partial charge is 0.242 e. The molecular weight excluding hydrogens is 784 g/mol. The molecule has 9 rings (SSSR count). The number of allylic oxidation sites excluding steroid dienone is 2. The zero-order valence-electron chi connectivity index (χ0n) is 28.3. The summed E-state index contributed by atoms with van der Waals surface area (Å²) in [5.41, 5.74) is 1.65. The number of aromatic nitrogens is 2. The molecule has 1 saturated carbocycles. The topological polar surface area (TPSA) is 113 Å². The van der Waals surface area contributed by atoms with Crippen molar-refractivity contribution in [3.05, 3.63) is 97.1 Å². The zero-order valence-corrected chi connectivity index (χ0v) is 32.3. The molecule has 5 aromatic rings. The van der Waals surface area contributed by atoms with Crippen LogP contribution in [0.1, 0.15) is 41.7 Å². The van der Waals surface area contributed by atoms with E-state index in [2.05, 4.69) is 15.9 Å². The highest BCUT2D eigenvalue weighted by Gasteiger charge is 2.68. The summed E-state index contributed by atoms with van der Waals surface area (Å²) in [5, 5.41) is 19.8. The zero-order chi connectivity index (χ0) is 36.4. The third-order valence-corrected chi connectivity index (χ3v) is 14.7. The van der Waals surface area contributed by atoms with Gasteiger partial charge in [0.15, 0.2) is 0 Å². The van der Waals surface area contributed by atoms with Crippen molar-refractivity contribution in [2.45, 2.75) is 39.2 Å². The summed E-state index contributed by atoms with van der Waals surface area (Å²) in [7, 11) is 1.72. The second-order valence-corrected chi connectivity index (χ2v) is 17.9. The van der Waals surface area contributed by atoms with E-state index in [1.165, 1.54) is 21.1 Å². The summed E-state index contributed by atoms with van der Waals surface area (Å²) in [6, 6.07) is 16.4. The minimum absolute atomic E-state index is 0.00754. The number of benzene rings is 2. The minimum Gasteiger partial charge on any atom is -0.508 e. The molecule has 0 spiro atoms. The van der Waals surface area contributed by atoms with Crippen LogP contribution in [-0.2, 0) is 32.8 Å². The van der Waals surface area contributed by atoms with E-state index in [1.54, 1.807) is 47.3 Å². The molecule has 3 aromatic heterocycles. The van der Waals surface area contributed by atoms with Crippen LogP contribution in [0, 0.1) is 36.0 Å². The fourth-order valence-electron chi connectivity index (χ4n) is 9.33. The van der Waals surface area contributed by atoms with Gasteiger partial charge in [-0.05, 0) is 91.4 Å². The number of amides is 4. The Morgan fingerprint density at radius 1 is 1.04 bits per heavy atom. The number of hydrogen-bond donors (Lipinski definition) is 1. The molecule has 6 unspecified atom stereocenters. The van der Waals surface area contributed by atoms with Crippen molar-refractivity contribution in [1.82, 2.24) is 14.7 Å². The number of aromatic hydroxyl groups is 1. The number of fused-ring (bicyclic) bond motifs is 5. The number of carbonyl (C=O) groups is 4. The maximum Gasteiger partial charge on any atom is 0.242 e. The number of rotatable bonds is 5. The van der Waals surface area contributed by atoms with Gasteiger partial charge in [0.2, 0.25) is 23.6 Å². The van der Waals surface area contributed by atoms with E-state index < -0.39 is 40.9 Å². The van der Waals surface area contributed by atoms with E-state index >= 15 is 4.79 Å². The molecular formula is C39H32BrClN4O5S2. The molecule has 13 heteroatoms. The van der Waals surface area contributed by atoms with E-state index in [0.717, 1.165) is 31.0 Å². The number of anilines is 1. The molecule has 1 N–H and O–H groups in total. The molecule has 6 atom stereocenters. The van der Waals surface area contributed by atoms with Crippen LogP contribution in [0.5, 0.6) is 5.75 Å². The summed E-state index contributed by atoms with van der Waals surface area (Å²) < 4.78 is 3.32. The Hall–Kier alpha value is -4.10. The number of thiophene rings is 2. The first-order chi connectivity index (χ1) is 24.9. The molecule has 0 bridgehead atoms. The first-order valence-corrected chi connectivity index (χ1v) is 19.9. The highest BCUT2D eigenvalue weighted by molar-refractivity contribution is 9.10. The molecule has 9 nitrogen and oxygen atoms in total. The molecule has 3 fully saturated rings. The number of likely N-dealkylation sites (tertiary alicyclic amines) is 1. The van der Waals surface area contributed by atoms with Gasteiger partial charge < -0.3 is 5.11 Å². The van der Waals surface area contributed by atoms with Crippen molar-refractivity contribution >= 4 is 89.7 Å². The molecule has 52 heavy (non-hydrogen) atoms. The van der Waals surface area contributed by atoms with Crippen molar-refractivity contribution in [1.29, 1.82) is 0 Å². The molecule has 2 saturated heterocycles. The van der Waals surface area contributed by atoms with Crippen LogP contribution in [0.25, 0.3) is 20.7 Å². The lowest BCUT2D eigenvalue weighted by Crippen LogP contribution is -2.49. The summed E-state index contributed by atoms with van der Waals surface area (Å²) in [5.74, 6) is -4.14. The fourth-order valence-corrected chi connectivity index (χ4v) is 11.7. The lowest BCUT2D eigenvalue weighted by Gasteiger charge is -2.49. The second kappa shape index (κ2) is 12.0. The van der Waals surface area contributed by atoms with Crippen molar-refractivity contribution in [3.63, 3.8) is 0 Å². The second-order valence-electron chi connectivity index (χ2n) is 14.4. The predicted octanol–water partition coefficient (Wildman–Crippen LogP) is 8.22. The maximum atomic E-state index is 15.0. The van der Waals surface area contributed by atoms with Crippen LogP contribution in [0.3, 0.4) is 0 Å². The average molecular weight is 816 g/mol. The quantitative estimate of drug-likeness (QED) is 0.141. The van der Waals surface area contributed by atoms with Crippen LogP contribution in [0.15, 0.2) is 76.1 Å². The average Bonchev–Trinajstić information content (AvgIpc) is 3.92. The minimum atomic E-state index is -1.30. The maximum absolute atomic E-state index is 15.0. The molecule has 2 aliphatic heterocycles. The van der Waals surface area contributed by atoms with Gasteiger partial charge in [-0.1, -0.05) is 45.2 Å². The third-order valence-electron chi connectivity index (χ3n) is 11.8. The van der Waals surface area contributed by atoms with Gasteiger partial charge in [-0.2, -0.15) is 5.10 Å². The van der Waals surface area contributed by atoms with Crippen LogP contribution in [-0.4, -0.2) is 43.4 Å². The van der Waals surface area contributed by atoms with E-state index in [4.69, 9.17) is 16.7 Å². The van der Waals surface area contributed by atoms with E-state index in [0.29, 0.717) is 33.0 Å². The van der Waals surface area contributed by atoms with Gasteiger partial charge in [0, 0.05) is 43.7 Å². The number of nitrogens with zero attached hydrogens (tertiary/aromatic N) is 4. The number of carbonyl (C=O) groups excluding carboxylic acids is 4. The number of hydrogen-bond acceptors (Lipinski definition) is 8. The number of phenolic OH excluding ortho intramolecular Hbond substituents is 1. The predicted molar refractivity (Wildman–Crippen MR) is 204 cm³/mol. The highest BCUT2D eigenvalue weighted by Crippen LogP contribution is 2.64. The van der Waals surface area contributed by atoms with Gasteiger partial charge in [-0.15, -0.1) is 22.7 Å². The Morgan fingerprint density at radius 3 is 2.62 bits per heavy atom. The van der Waals surface area contributed by atoms with E-state index in [-0.39, 0.29) is 36.4 Å². The van der Waals surface area contributed by atoms with Crippen molar-refractivity contribution in [2.24, 2.45) is 36.1 Å². The number of aryl methyl sites for hydroxylation is 2. The van der Waals surface area contributed by atoms with Crippen LogP contribution >= 0.6 is 50.2 Å². The van der Waals surface area contributed by atoms with Crippen LogP contribution < -0.4 is 4.90 Å². The normalized spacial score (nSPS) is 27.0. The first-order valence-electron chi connectivity index (χ1n) is 17.1. The molecule has 264 valence electrons. The van der Waals surface area contributed by atoms with Crippen molar-refractivity contribution < 1.29 is 24.3 Å².